The van der Waals surface area contributed by atoms with E-state index >= 15 is 0 Å². The number of esters is 1. The number of rotatable bonds is 4. The van der Waals surface area contributed by atoms with Crippen molar-refractivity contribution in [1.82, 2.24) is 14.3 Å². The number of carbonyl (C=O) groups excluding carboxylic acids is 1. The van der Waals surface area contributed by atoms with Crippen LogP contribution < -0.4 is 5.56 Å². The van der Waals surface area contributed by atoms with Crippen LogP contribution in [-0.4, -0.2) is 32.5 Å². The van der Waals surface area contributed by atoms with Crippen LogP contribution in [0, 0.1) is 6.92 Å². The maximum atomic E-state index is 13.2. The molecule has 1 N–H and O–H groups in total. The fourth-order valence-electron chi connectivity index (χ4n) is 3.37. The fourth-order valence-corrected chi connectivity index (χ4v) is 3.37. The van der Waals surface area contributed by atoms with E-state index in [1.54, 1.807) is 35.2 Å². The summed E-state index contributed by atoms with van der Waals surface area (Å²) in [4.78, 5) is 25.6. The van der Waals surface area contributed by atoms with Crippen molar-refractivity contribution in [2.24, 2.45) is 0 Å². The number of pyridine rings is 1. The zero-order chi connectivity index (χ0) is 20.5. The number of carbonyl (C=O) groups is 1. The van der Waals surface area contributed by atoms with Crippen LogP contribution in [-0.2, 0) is 11.3 Å². The molecule has 0 radical (unpaired) electrons. The van der Waals surface area contributed by atoms with Gasteiger partial charge in [-0.15, -0.1) is 0 Å². The van der Waals surface area contributed by atoms with Crippen molar-refractivity contribution in [3.05, 3.63) is 88.0 Å². The van der Waals surface area contributed by atoms with E-state index in [0.29, 0.717) is 16.9 Å². The summed E-state index contributed by atoms with van der Waals surface area (Å²) in [6.45, 7) is 1.71. The van der Waals surface area contributed by atoms with E-state index in [1.165, 1.54) is 11.8 Å². The van der Waals surface area contributed by atoms with Gasteiger partial charge < -0.3 is 14.4 Å². The highest BCUT2D eigenvalue weighted by molar-refractivity contribution is 5.96. The summed E-state index contributed by atoms with van der Waals surface area (Å²) in [5.74, 6) is -0.597. The third kappa shape index (κ3) is 3.11. The van der Waals surface area contributed by atoms with E-state index in [9.17, 15) is 14.7 Å². The van der Waals surface area contributed by atoms with Crippen molar-refractivity contribution in [3.63, 3.8) is 0 Å². The highest BCUT2D eigenvalue weighted by Crippen LogP contribution is 2.26. The summed E-state index contributed by atoms with van der Waals surface area (Å²) in [5.41, 5.74) is 3.23. The van der Waals surface area contributed by atoms with E-state index in [1.807, 2.05) is 37.3 Å². The number of nitrogens with zero attached hydrogens (tertiary/aromatic N) is 3. The maximum absolute atomic E-state index is 13.2. The molecule has 0 fully saturated rings. The van der Waals surface area contributed by atoms with Crippen LogP contribution in [0.1, 0.15) is 21.5 Å². The molecule has 0 unspecified atom stereocenters. The van der Waals surface area contributed by atoms with Crippen LogP contribution in [0.4, 0.5) is 0 Å². The number of benzene rings is 2. The highest BCUT2D eigenvalue weighted by Gasteiger charge is 2.25. The van der Waals surface area contributed by atoms with Gasteiger partial charge in [-0.3, -0.25) is 4.79 Å². The number of hydrogen-bond acceptors (Lipinski definition) is 5. The largest absolute Gasteiger partial charge is 0.465 e. The minimum atomic E-state index is -0.597. The van der Waals surface area contributed by atoms with Crippen LogP contribution in [0.3, 0.4) is 0 Å². The molecule has 0 aromatic heterocycles. The van der Waals surface area contributed by atoms with E-state index in [0.717, 1.165) is 5.56 Å². The topological polar surface area (TPSA) is 86.4 Å². The SMILES string of the molecule is COC(=O)c1cn(-c2ccccc2CO)cc2c(=O)n(-c3ccccc3C)nc1-2. The molecule has 2 aromatic carbocycles. The first kappa shape index (κ1) is 18.6. The number of ether oxygens (including phenoxy) is 1. The van der Waals surface area contributed by atoms with Crippen molar-refractivity contribution < 1.29 is 14.6 Å². The molecule has 0 saturated carbocycles. The average molecular weight is 389 g/mol. The number of aryl methyl sites for hydroxylation is 1. The van der Waals surface area contributed by atoms with Crippen molar-refractivity contribution in [3.8, 4) is 22.6 Å². The Morgan fingerprint density at radius 3 is 2.45 bits per heavy atom. The number of aliphatic hydroxyl groups excluding tert-OH is 1. The Labute approximate surface area is 166 Å². The molecule has 0 bridgehead atoms. The van der Waals surface area contributed by atoms with Gasteiger partial charge in [-0.2, -0.15) is 9.78 Å². The van der Waals surface area contributed by atoms with Crippen molar-refractivity contribution in [2.45, 2.75) is 13.5 Å². The summed E-state index contributed by atoms with van der Waals surface area (Å²) < 4.78 is 7.86. The van der Waals surface area contributed by atoms with Gasteiger partial charge in [0.15, 0.2) is 0 Å². The summed E-state index contributed by atoms with van der Waals surface area (Å²) in [6, 6.07) is 14.6. The third-order valence-electron chi connectivity index (χ3n) is 4.86. The van der Waals surface area contributed by atoms with Crippen LogP contribution in [0.2, 0.25) is 0 Å². The number of hydrogen-bond donors (Lipinski definition) is 1. The van der Waals surface area contributed by atoms with Crippen LogP contribution in [0.5, 0.6) is 0 Å². The Balaban J connectivity index is 2.04. The summed E-state index contributed by atoms with van der Waals surface area (Å²) in [7, 11) is 1.28. The number of para-hydroxylation sites is 2. The maximum Gasteiger partial charge on any atom is 0.341 e. The molecule has 0 spiro atoms. The molecule has 4 rings (SSSR count). The lowest BCUT2D eigenvalue weighted by atomic mass is 10.1. The fraction of sp³-hybridized carbons (Fsp3) is 0.136. The molecule has 146 valence electrons. The van der Waals surface area contributed by atoms with E-state index < -0.39 is 5.97 Å². The average Bonchev–Trinajstić information content (AvgIpc) is 3.09. The molecule has 0 atom stereocenters. The Kier molecular flexibility index (Phi) is 4.74. The normalized spacial score (nSPS) is 11.0. The molecule has 2 aliphatic heterocycles. The van der Waals surface area contributed by atoms with Gasteiger partial charge in [-0.05, 0) is 24.6 Å². The third-order valence-corrected chi connectivity index (χ3v) is 4.86. The number of methoxy groups -OCH3 is 1. The lowest BCUT2D eigenvalue weighted by Crippen LogP contribution is -2.16. The monoisotopic (exact) mass is 389 g/mol. The van der Waals surface area contributed by atoms with E-state index in [-0.39, 0.29) is 29.0 Å². The molecule has 29 heavy (non-hydrogen) atoms. The second kappa shape index (κ2) is 7.37. The smallest absolute Gasteiger partial charge is 0.341 e. The second-order valence-electron chi connectivity index (χ2n) is 6.62. The van der Waals surface area contributed by atoms with E-state index in [4.69, 9.17) is 4.74 Å². The predicted octanol–water partition coefficient (Wildman–Crippen LogP) is 2.72. The summed E-state index contributed by atoms with van der Waals surface area (Å²) in [5, 5.41) is 14.1. The van der Waals surface area contributed by atoms with Crippen LogP contribution >= 0.6 is 0 Å². The summed E-state index contributed by atoms with van der Waals surface area (Å²) in [6.07, 6.45) is 3.19. The lowest BCUT2D eigenvalue weighted by molar-refractivity contribution is 0.0600. The molecule has 2 aromatic rings. The van der Waals surface area contributed by atoms with Crippen molar-refractivity contribution >= 4 is 5.97 Å². The molecule has 7 heteroatoms. The molecular formula is C22H19N3O4. The summed E-state index contributed by atoms with van der Waals surface area (Å²) >= 11 is 0. The number of aliphatic hydroxyl groups is 1. The van der Waals surface area contributed by atoms with Gasteiger partial charge in [0.2, 0.25) is 0 Å². The highest BCUT2D eigenvalue weighted by atomic mass is 16.5. The molecule has 7 nitrogen and oxygen atoms in total. The number of fused-ring (bicyclic) bond motifs is 1. The molecule has 0 saturated heterocycles. The Bertz CT molecular complexity index is 1240. The number of aromatic nitrogens is 3. The van der Waals surface area contributed by atoms with Crippen LogP contribution in [0.15, 0.2) is 65.7 Å². The van der Waals surface area contributed by atoms with Gasteiger partial charge in [0.25, 0.3) is 5.56 Å². The minimum Gasteiger partial charge on any atom is -0.465 e. The minimum absolute atomic E-state index is 0.169. The zero-order valence-electron chi connectivity index (χ0n) is 16.0. The molecule has 2 aliphatic rings. The van der Waals surface area contributed by atoms with E-state index in [2.05, 4.69) is 5.10 Å². The van der Waals surface area contributed by atoms with Gasteiger partial charge >= 0.3 is 5.97 Å². The van der Waals surface area contributed by atoms with Crippen LogP contribution in [0.25, 0.3) is 22.6 Å². The molecule has 2 heterocycles. The van der Waals surface area contributed by atoms with Crippen molar-refractivity contribution in [2.75, 3.05) is 7.11 Å². The molecular weight excluding hydrogens is 370 g/mol. The van der Waals surface area contributed by atoms with Gasteiger partial charge in [-0.1, -0.05) is 36.4 Å². The van der Waals surface area contributed by atoms with Gasteiger partial charge in [0.05, 0.1) is 30.7 Å². The lowest BCUT2D eigenvalue weighted by Gasteiger charge is -2.14. The quantitative estimate of drug-likeness (QED) is 0.543. The second-order valence-corrected chi connectivity index (χ2v) is 6.62. The first-order valence-corrected chi connectivity index (χ1v) is 9.03. The molecule has 0 aliphatic carbocycles. The Hall–Kier alpha value is -3.71. The Morgan fingerprint density at radius 2 is 1.76 bits per heavy atom. The van der Waals surface area contributed by atoms with Crippen molar-refractivity contribution in [1.29, 1.82) is 0 Å². The zero-order valence-corrected chi connectivity index (χ0v) is 16.0. The first-order chi connectivity index (χ1) is 14.0. The predicted molar refractivity (Wildman–Crippen MR) is 108 cm³/mol. The van der Waals surface area contributed by atoms with Gasteiger partial charge in [0.1, 0.15) is 11.3 Å². The van der Waals surface area contributed by atoms with Gasteiger partial charge in [-0.25, -0.2) is 4.79 Å². The first-order valence-electron chi connectivity index (χ1n) is 9.03. The molecule has 0 amide bonds. The Morgan fingerprint density at radius 1 is 1.07 bits per heavy atom. The van der Waals surface area contributed by atoms with Gasteiger partial charge in [0, 0.05) is 18.0 Å². The standard InChI is InChI=1S/C22H19N3O4/c1-14-7-3-5-9-18(14)25-21(27)16-11-24(19-10-6-4-8-15(19)13-26)12-17(20(16)23-25)22(28)29-2/h3-12,26H,13H2,1-2H3.